The normalized spacial score (nSPS) is 25.6. The summed E-state index contributed by atoms with van der Waals surface area (Å²) in [6.45, 7) is 2.04. The van der Waals surface area contributed by atoms with Crippen LogP contribution in [0.25, 0.3) is 0 Å². The second kappa shape index (κ2) is 4.34. The van der Waals surface area contributed by atoms with Gasteiger partial charge in [-0.3, -0.25) is 4.79 Å². The number of piperidine rings is 1. The van der Waals surface area contributed by atoms with Gasteiger partial charge in [0.15, 0.2) is 0 Å². The van der Waals surface area contributed by atoms with E-state index in [-0.39, 0.29) is 0 Å². The van der Waals surface area contributed by atoms with Crippen molar-refractivity contribution in [3.8, 4) is 0 Å². The predicted octanol–water partition coefficient (Wildman–Crippen LogP) is 2.34. The zero-order chi connectivity index (χ0) is 12.8. The molecule has 3 aliphatic heterocycles. The largest absolute Gasteiger partial charge is 0.312 e. The van der Waals surface area contributed by atoms with Crippen LogP contribution < -0.4 is 10.2 Å². The summed E-state index contributed by atoms with van der Waals surface area (Å²) in [5.74, 6) is 0.296. The van der Waals surface area contributed by atoms with Gasteiger partial charge in [-0.2, -0.15) is 0 Å². The van der Waals surface area contributed by atoms with Crippen LogP contribution in [-0.2, 0) is 17.6 Å². The summed E-state index contributed by atoms with van der Waals surface area (Å²) in [6.07, 6.45) is 6.70. The van der Waals surface area contributed by atoms with Gasteiger partial charge in [0.05, 0.1) is 12.1 Å². The van der Waals surface area contributed by atoms with Gasteiger partial charge < -0.3 is 10.2 Å². The van der Waals surface area contributed by atoms with E-state index in [1.807, 2.05) is 4.90 Å². The maximum absolute atomic E-state index is 12.0. The highest BCUT2D eigenvalue weighted by Crippen LogP contribution is 2.39. The van der Waals surface area contributed by atoms with Crippen molar-refractivity contribution in [3.05, 3.63) is 28.8 Å². The number of benzene rings is 1. The number of nitrogens with one attached hydrogen (secondary N) is 1. The number of amides is 1. The summed E-state index contributed by atoms with van der Waals surface area (Å²) in [7, 11) is 0. The second-order valence-corrected chi connectivity index (χ2v) is 6.02. The number of hydrogen-bond donors (Lipinski definition) is 1. The molecule has 1 aromatic rings. The number of rotatable bonds is 1. The molecule has 1 amide bonds. The Morgan fingerprint density at radius 1 is 1.16 bits per heavy atom. The molecule has 1 N–H and O–H groups in total. The first-order chi connectivity index (χ1) is 9.33. The zero-order valence-electron chi connectivity index (χ0n) is 11.2. The van der Waals surface area contributed by atoms with Gasteiger partial charge in [-0.15, -0.1) is 0 Å². The molecule has 0 radical (unpaired) electrons. The first kappa shape index (κ1) is 11.5. The molecule has 1 atom stereocenters. The lowest BCUT2D eigenvalue weighted by atomic mass is 9.91. The van der Waals surface area contributed by atoms with E-state index >= 15 is 0 Å². The fourth-order valence-electron chi connectivity index (χ4n) is 3.84. The van der Waals surface area contributed by atoms with E-state index in [1.165, 1.54) is 41.6 Å². The number of carbonyl (C=O) groups excluding carboxylic acids is 1. The maximum Gasteiger partial charge on any atom is 0.231 e. The van der Waals surface area contributed by atoms with E-state index < -0.39 is 0 Å². The molecule has 4 rings (SSSR count). The minimum Gasteiger partial charge on any atom is -0.312 e. The van der Waals surface area contributed by atoms with Crippen molar-refractivity contribution in [2.24, 2.45) is 0 Å². The molecule has 19 heavy (non-hydrogen) atoms. The monoisotopic (exact) mass is 256 g/mol. The lowest BCUT2D eigenvalue weighted by Crippen LogP contribution is -2.31. The third-order valence-corrected chi connectivity index (χ3v) is 4.74. The number of aryl methyl sites for hydroxylation is 1. The van der Waals surface area contributed by atoms with Crippen LogP contribution in [0.1, 0.15) is 48.4 Å². The summed E-state index contributed by atoms with van der Waals surface area (Å²) in [4.78, 5) is 14.1. The fraction of sp³-hybridized carbons (Fsp3) is 0.562. The van der Waals surface area contributed by atoms with Gasteiger partial charge in [0.25, 0.3) is 0 Å². The predicted molar refractivity (Wildman–Crippen MR) is 75.4 cm³/mol. The lowest BCUT2D eigenvalue weighted by molar-refractivity contribution is -0.117. The van der Waals surface area contributed by atoms with E-state index in [9.17, 15) is 4.79 Å². The maximum atomic E-state index is 12.0. The average Bonchev–Trinajstić information content (AvgIpc) is 2.78. The van der Waals surface area contributed by atoms with Crippen LogP contribution in [0.2, 0.25) is 0 Å². The summed E-state index contributed by atoms with van der Waals surface area (Å²) in [5.41, 5.74) is 5.32. The van der Waals surface area contributed by atoms with Crippen molar-refractivity contribution in [1.29, 1.82) is 0 Å². The lowest BCUT2D eigenvalue weighted by Gasteiger charge is -2.28. The summed E-state index contributed by atoms with van der Waals surface area (Å²) < 4.78 is 0. The van der Waals surface area contributed by atoms with Crippen LogP contribution in [-0.4, -0.2) is 19.0 Å². The van der Waals surface area contributed by atoms with Crippen molar-refractivity contribution < 1.29 is 4.79 Å². The molecule has 100 valence electrons. The molecule has 0 aromatic heterocycles. The van der Waals surface area contributed by atoms with Gasteiger partial charge in [0.2, 0.25) is 5.91 Å². The summed E-state index contributed by atoms with van der Waals surface area (Å²) in [5, 5.41) is 3.62. The van der Waals surface area contributed by atoms with Gasteiger partial charge >= 0.3 is 0 Å². The van der Waals surface area contributed by atoms with E-state index in [0.717, 1.165) is 25.9 Å². The minimum absolute atomic E-state index is 0.296. The molecule has 0 spiro atoms. The molecule has 1 unspecified atom stereocenters. The topological polar surface area (TPSA) is 32.3 Å². The van der Waals surface area contributed by atoms with Crippen LogP contribution >= 0.6 is 0 Å². The van der Waals surface area contributed by atoms with E-state index in [2.05, 4.69) is 17.4 Å². The van der Waals surface area contributed by atoms with Crippen molar-refractivity contribution >= 4 is 11.6 Å². The van der Waals surface area contributed by atoms with Crippen molar-refractivity contribution in [1.82, 2.24) is 5.32 Å². The third kappa shape index (κ3) is 1.79. The molecule has 3 heterocycles. The zero-order valence-corrected chi connectivity index (χ0v) is 11.2. The standard InChI is InChI=1S/C16H20N2O/c19-15-10-13-9-12(14-5-1-2-6-17-14)8-11-4-3-7-18(15)16(11)13/h8-9,14,17H,1-7,10H2. The van der Waals surface area contributed by atoms with Crippen LogP contribution in [0.3, 0.4) is 0 Å². The highest BCUT2D eigenvalue weighted by atomic mass is 16.2. The van der Waals surface area contributed by atoms with Crippen LogP contribution in [0, 0.1) is 0 Å². The van der Waals surface area contributed by atoms with E-state index in [1.54, 1.807) is 0 Å². The number of anilines is 1. The Hall–Kier alpha value is -1.35. The number of nitrogens with zero attached hydrogens (tertiary/aromatic N) is 1. The highest BCUT2D eigenvalue weighted by molar-refractivity contribution is 6.02. The smallest absolute Gasteiger partial charge is 0.231 e. The number of hydrogen-bond acceptors (Lipinski definition) is 2. The molecular formula is C16H20N2O. The molecule has 0 aliphatic carbocycles. The molecule has 3 aliphatic rings. The van der Waals surface area contributed by atoms with Crippen molar-refractivity contribution in [3.63, 3.8) is 0 Å². The molecule has 1 fully saturated rings. The second-order valence-electron chi connectivity index (χ2n) is 6.02. The summed E-state index contributed by atoms with van der Waals surface area (Å²) >= 11 is 0. The Balaban J connectivity index is 1.76. The molecule has 1 aromatic carbocycles. The SMILES string of the molecule is O=C1Cc2cc(C3CCCCN3)cc3c2N1CCC3. The fourth-order valence-corrected chi connectivity index (χ4v) is 3.84. The first-order valence-corrected chi connectivity index (χ1v) is 7.52. The highest BCUT2D eigenvalue weighted by Gasteiger charge is 2.33. The first-order valence-electron chi connectivity index (χ1n) is 7.52. The molecule has 0 saturated carbocycles. The summed E-state index contributed by atoms with van der Waals surface area (Å²) in [6, 6.07) is 5.14. The molecule has 1 saturated heterocycles. The molecular weight excluding hydrogens is 236 g/mol. The van der Waals surface area contributed by atoms with Crippen molar-refractivity contribution in [2.45, 2.75) is 44.6 Å². The van der Waals surface area contributed by atoms with Gasteiger partial charge in [0, 0.05) is 12.6 Å². The Kier molecular flexibility index (Phi) is 2.62. The average molecular weight is 256 g/mol. The van der Waals surface area contributed by atoms with Gasteiger partial charge in [-0.1, -0.05) is 18.6 Å². The van der Waals surface area contributed by atoms with Gasteiger partial charge in [-0.25, -0.2) is 0 Å². The Labute approximate surface area is 114 Å². The van der Waals surface area contributed by atoms with Crippen LogP contribution in [0.15, 0.2) is 12.1 Å². The molecule has 3 nitrogen and oxygen atoms in total. The number of carbonyl (C=O) groups is 1. The Morgan fingerprint density at radius 3 is 2.89 bits per heavy atom. The third-order valence-electron chi connectivity index (χ3n) is 4.74. The Morgan fingerprint density at radius 2 is 2.05 bits per heavy atom. The molecule has 3 heteroatoms. The van der Waals surface area contributed by atoms with E-state index in [4.69, 9.17) is 0 Å². The van der Waals surface area contributed by atoms with Gasteiger partial charge in [0.1, 0.15) is 0 Å². The Bertz CT molecular complexity index is 532. The minimum atomic E-state index is 0.296. The quantitative estimate of drug-likeness (QED) is 0.836. The van der Waals surface area contributed by atoms with E-state index in [0.29, 0.717) is 18.4 Å². The van der Waals surface area contributed by atoms with Gasteiger partial charge in [-0.05, 0) is 48.9 Å². The molecule has 0 bridgehead atoms. The van der Waals surface area contributed by atoms with Crippen molar-refractivity contribution in [2.75, 3.05) is 18.0 Å². The van der Waals surface area contributed by atoms with Crippen LogP contribution in [0.4, 0.5) is 5.69 Å². The van der Waals surface area contributed by atoms with Crippen LogP contribution in [0.5, 0.6) is 0 Å².